The number of rotatable bonds is 4. The van der Waals surface area contributed by atoms with Crippen molar-refractivity contribution in [3.05, 3.63) is 17.0 Å². The molecule has 23 heavy (non-hydrogen) atoms. The fourth-order valence-corrected chi connectivity index (χ4v) is 6.31. The number of aryl methyl sites for hydroxylation is 1. The Kier molecular flexibility index (Phi) is 5.08. The molecule has 0 atom stereocenters. The van der Waals surface area contributed by atoms with Crippen LogP contribution in [0.4, 0.5) is 0 Å². The number of piperazine rings is 1. The summed E-state index contributed by atoms with van der Waals surface area (Å²) in [6.45, 7) is 3.72. The molecule has 1 aliphatic heterocycles. The molecule has 1 saturated carbocycles. The lowest BCUT2D eigenvalue weighted by Crippen LogP contribution is -2.50. The standard InChI is InChI=1S/C16H24N2O3S2/c1-13-6-7-16(22-13)23(20,21)18-10-8-17(9-11-18)15(19)12-14-4-2-3-5-14/h6-7,14H,2-5,8-12H2,1H3. The van der Waals surface area contributed by atoms with Gasteiger partial charge in [0.05, 0.1) is 0 Å². The van der Waals surface area contributed by atoms with Crippen LogP contribution >= 0.6 is 11.3 Å². The van der Waals surface area contributed by atoms with Gasteiger partial charge in [0.25, 0.3) is 10.0 Å². The van der Waals surface area contributed by atoms with Crippen LogP contribution in [0, 0.1) is 12.8 Å². The molecule has 7 heteroatoms. The first-order chi connectivity index (χ1) is 11.0. The van der Waals surface area contributed by atoms with E-state index in [0.717, 1.165) is 17.7 Å². The average Bonchev–Trinajstić information content (AvgIpc) is 3.19. The Morgan fingerprint density at radius 2 is 1.83 bits per heavy atom. The van der Waals surface area contributed by atoms with Crippen molar-refractivity contribution in [3.8, 4) is 0 Å². The second-order valence-corrected chi connectivity index (χ2v) is 9.96. The molecule has 2 fully saturated rings. The van der Waals surface area contributed by atoms with E-state index in [4.69, 9.17) is 0 Å². The summed E-state index contributed by atoms with van der Waals surface area (Å²) in [6.07, 6.45) is 5.45. The van der Waals surface area contributed by atoms with Gasteiger partial charge in [0, 0.05) is 37.5 Å². The normalized spacial score (nSPS) is 21.0. The van der Waals surface area contributed by atoms with Gasteiger partial charge in [0.1, 0.15) is 4.21 Å². The number of thiophene rings is 1. The molecule has 3 rings (SSSR count). The maximum atomic E-state index is 12.6. The van der Waals surface area contributed by atoms with E-state index in [2.05, 4.69) is 0 Å². The summed E-state index contributed by atoms with van der Waals surface area (Å²) in [6, 6.07) is 3.51. The third-order valence-electron chi connectivity index (χ3n) is 4.84. The molecule has 1 aromatic rings. The molecule has 0 spiro atoms. The summed E-state index contributed by atoms with van der Waals surface area (Å²) in [5.41, 5.74) is 0. The minimum Gasteiger partial charge on any atom is -0.340 e. The van der Waals surface area contributed by atoms with Gasteiger partial charge in [0.15, 0.2) is 0 Å². The molecule has 1 amide bonds. The van der Waals surface area contributed by atoms with E-state index in [9.17, 15) is 13.2 Å². The SMILES string of the molecule is Cc1ccc(S(=O)(=O)N2CCN(C(=O)CC3CCCC3)CC2)s1. The fraction of sp³-hybridized carbons (Fsp3) is 0.688. The van der Waals surface area contributed by atoms with Gasteiger partial charge in [-0.15, -0.1) is 11.3 Å². The fourth-order valence-electron chi connectivity index (χ4n) is 3.45. The first-order valence-corrected chi connectivity index (χ1v) is 10.6. The van der Waals surface area contributed by atoms with Gasteiger partial charge >= 0.3 is 0 Å². The van der Waals surface area contributed by atoms with Gasteiger partial charge in [-0.2, -0.15) is 4.31 Å². The molecular weight excluding hydrogens is 332 g/mol. The monoisotopic (exact) mass is 356 g/mol. The van der Waals surface area contributed by atoms with Gasteiger partial charge in [-0.1, -0.05) is 12.8 Å². The van der Waals surface area contributed by atoms with Gasteiger partial charge in [0.2, 0.25) is 5.91 Å². The van der Waals surface area contributed by atoms with Crippen molar-refractivity contribution in [1.82, 2.24) is 9.21 Å². The van der Waals surface area contributed by atoms with Gasteiger partial charge < -0.3 is 4.90 Å². The molecule has 1 aliphatic carbocycles. The predicted molar refractivity (Wildman–Crippen MR) is 91.0 cm³/mol. The number of nitrogens with zero attached hydrogens (tertiary/aromatic N) is 2. The molecule has 0 N–H and O–H groups in total. The first-order valence-electron chi connectivity index (χ1n) is 8.31. The topological polar surface area (TPSA) is 57.7 Å². The van der Waals surface area contributed by atoms with E-state index in [1.54, 1.807) is 6.07 Å². The Balaban J connectivity index is 1.56. The number of carbonyl (C=O) groups excluding carboxylic acids is 1. The molecular formula is C16H24N2O3S2. The minimum absolute atomic E-state index is 0.195. The molecule has 128 valence electrons. The first kappa shape index (κ1) is 16.9. The zero-order chi connectivity index (χ0) is 16.4. The molecule has 0 aromatic carbocycles. The van der Waals surface area contributed by atoms with Crippen LogP contribution in [0.3, 0.4) is 0 Å². The molecule has 2 aliphatic rings. The van der Waals surface area contributed by atoms with Crippen LogP contribution < -0.4 is 0 Å². The van der Waals surface area contributed by atoms with Crippen molar-refractivity contribution in [2.24, 2.45) is 5.92 Å². The Labute approximate surface area is 142 Å². The Bertz CT molecular complexity index is 655. The van der Waals surface area contributed by atoms with E-state index >= 15 is 0 Å². The van der Waals surface area contributed by atoms with Gasteiger partial charge in [-0.3, -0.25) is 4.79 Å². The molecule has 1 aromatic heterocycles. The van der Waals surface area contributed by atoms with Crippen molar-refractivity contribution >= 4 is 27.3 Å². The quantitative estimate of drug-likeness (QED) is 0.833. The predicted octanol–water partition coefficient (Wildman–Crippen LogP) is 2.47. The lowest BCUT2D eigenvalue weighted by atomic mass is 10.0. The number of hydrogen-bond donors (Lipinski definition) is 0. The van der Waals surface area contributed by atoms with Crippen LogP contribution in [-0.4, -0.2) is 49.7 Å². The van der Waals surface area contributed by atoms with E-state index in [0.29, 0.717) is 42.7 Å². The second-order valence-electron chi connectivity index (χ2n) is 6.50. The number of sulfonamides is 1. The van der Waals surface area contributed by atoms with Crippen LogP contribution in [0.1, 0.15) is 37.0 Å². The van der Waals surface area contributed by atoms with Crippen LogP contribution in [0.5, 0.6) is 0 Å². The third-order valence-corrected chi connectivity index (χ3v) is 8.21. The zero-order valence-corrected chi connectivity index (χ0v) is 15.2. The van der Waals surface area contributed by atoms with Crippen molar-refractivity contribution in [2.45, 2.75) is 43.2 Å². The van der Waals surface area contributed by atoms with Crippen LogP contribution in [-0.2, 0) is 14.8 Å². The molecule has 5 nitrogen and oxygen atoms in total. The van der Waals surface area contributed by atoms with Crippen molar-refractivity contribution < 1.29 is 13.2 Å². The summed E-state index contributed by atoms with van der Waals surface area (Å²) in [4.78, 5) is 15.2. The van der Waals surface area contributed by atoms with E-state index in [1.807, 2.05) is 17.9 Å². The largest absolute Gasteiger partial charge is 0.340 e. The lowest BCUT2D eigenvalue weighted by Gasteiger charge is -2.34. The van der Waals surface area contributed by atoms with Crippen LogP contribution in [0.15, 0.2) is 16.3 Å². The Morgan fingerprint density at radius 3 is 2.39 bits per heavy atom. The highest BCUT2D eigenvalue weighted by Crippen LogP contribution is 2.29. The summed E-state index contributed by atoms with van der Waals surface area (Å²) in [7, 11) is -3.40. The Hall–Kier alpha value is -0.920. The van der Waals surface area contributed by atoms with Crippen LogP contribution in [0.2, 0.25) is 0 Å². The maximum Gasteiger partial charge on any atom is 0.252 e. The number of carbonyl (C=O) groups is 1. The minimum atomic E-state index is -3.40. The summed E-state index contributed by atoms with van der Waals surface area (Å²) >= 11 is 1.31. The summed E-state index contributed by atoms with van der Waals surface area (Å²) < 4.78 is 27.1. The molecule has 0 radical (unpaired) electrons. The van der Waals surface area contributed by atoms with E-state index < -0.39 is 10.0 Å². The molecule has 2 heterocycles. The highest BCUT2D eigenvalue weighted by molar-refractivity contribution is 7.91. The smallest absolute Gasteiger partial charge is 0.252 e. The molecule has 0 bridgehead atoms. The van der Waals surface area contributed by atoms with Crippen molar-refractivity contribution in [3.63, 3.8) is 0 Å². The highest BCUT2D eigenvalue weighted by atomic mass is 32.2. The summed E-state index contributed by atoms with van der Waals surface area (Å²) in [5.74, 6) is 0.735. The number of amides is 1. The lowest BCUT2D eigenvalue weighted by molar-refractivity contribution is -0.133. The maximum absolute atomic E-state index is 12.6. The van der Waals surface area contributed by atoms with Crippen molar-refractivity contribution in [1.29, 1.82) is 0 Å². The van der Waals surface area contributed by atoms with Gasteiger partial charge in [-0.25, -0.2) is 8.42 Å². The van der Waals surface area contributed by atoms with Crippen LogP contribution in [0.25, 0.3) is 0 Å². The van der Waals surface area contributed by atoms with Gasteiger partial charge in [-0.05, 0) is 37.8 Å². The molecule has 0 unspecified atom stereocenters. The second kappa shape index (κ2) is 6.91. The third kappa shape index (κ3) is 3.78. The average molecular weight is 357 g/mol. The van der Waals surface area contributed by atoms with E-state index in [1.165, 1.54) is 28.5 Å². The zero-order valence-electron chi connectivity index (χ0n) is 13.5. The molecule has 1 saturated heterocycles. The number of hydrogen-bond acceptors (Lipinski definition) is 4. The van der Waals surface area contributed by atoms with E-state index in [-0.39, 0.29) is 5.91 Å². The van der Waals surface area contributed by atoms with Crippen molar-refractivity contribution in [2.75, 3.05) is 26.2 Å². The summed E-state index contributed by atoms with van der Waals surface area (Å²) in [5, 5.41) is 0. The Morgan fingerprint density at radius 1 is 1.17 bits per heavy atom. The highest BCUT2D eigenvalue weighted by Gasteiger charge is 2.31.